The molecule has 1 amide bonds. The molecule has 2 aromatic rings. The second-order valence-corrected chi connectivity index (χ2v) is 7.96. The average Bonchev–Trinajstić information content (AvgIpc) is 3.01. The van der Waals surface area contributed by atoms with Crippen molar-refractivity contribution in [2.75, 3.05) is 37.7 Å². The van der Waals surface area contributed by atoms with Gasteiger partial charge in [-0.3, -0.25) is 4.79 Å². The number of anilines is 1. The van der Waals surface area contributed by atoms with Gasteiger partial charge in [0.15, 0.2) is 18.1 Å². The number of phenolic OH excluding ortho intramolecular Hbond substituents is 1. The van der Waals surface area contributed by atoms with Crippen molar-refractivity contribution in [2.24, 2.45) is 0 Å². The Labute approximate surface area is 165 Å². The number of ether oxygens (including phenoxy) is 2. The Bertz CT molecular complexity index is 855. The summed E-state index contributed by atoms with van der Waals surface area (Å²) in [5.41, 5.74) is 1.94. The molecule has 1 N–H and O–H groups in total. The van der Waals surface area contributed by atoms with E-state index in [1.54, 1.807) is 12.1 Å². The number of piperazine rings is 1. The number of carbonyl (C=O) groups excluding carboxylic acids is 1. The van der Waals surface area contributed by atoms with Gasteiger partial charge in [-0.05, 0) is 44.2 Å². The first-order valence-electron chi connectivity index (χ1n) is 9.67. The molecule has 0 radical (unpaired) electrons. The van der Waals surface area contributed by atoms with Crippen LogP contribution in [0.1, 0.15) is 19.4 Å². The molecule has 148 valence electrons. The van der Waals surface area contributed by atoms with Gasteiger partial charge >= 0.3 is 0 Å². The smallest absolute Gasteiger partial charge is 0.260 e. The van der Waals surface area contributed by atoms with Crippen molar-refractivity contribution in [3.8, 4) is 17.2 Å². The molecule has 2 aliphatic heterocycles. The van der Waals surface area contributed by atoms with Crippen molar-refractivity contribution in [3.05, 3.63) is 48.0 Å². The van der Waals surface area contributed by atoms with E-state index in [1.807, 2.05) is 35.2 Å². The van der Waals surface area contributed by atoms with Gasteiger partial charge in [-0.25, -0.2) is 0 Å². The van der Waals surface area contributed by atoms with Gasteiger partial charge in [0, 0.05) is 43.9 Å². The molecule has 0 aromatic heterocycles. The van der Waals surface area contributed by atoms with E-state index in [1.165, 1.54) is 0 Å². The minimum atomic E-state index is -0.240. The van der Waals surface area contributed by atoms with Crippen molar-refractivity contribution in [3.63, 3.8) is 0 Å². The normalized spacial score (nSPS) is 17.8. The van der Waals surface area contributed by atoms with Gasteiger partial charge < -0.3 is 24.4 Å². The van der Waals surface area contributed by atoms with Gasteiger partial charge in [-0.1, -0.05) is 12.1 Å². The van der Waals surface area contributed by atoms with Crippen LogP contribution in [0, 0.1) is 0 Å². The summed E-state index contributed by atoms with van der Waals surface area (Å²) in [6, 6.07) is 13.0. The van der Waals surface area contributed by atoms with Gasteiger partial charge in [-0.2, -0.15) is 0 Å². The van der Waals surface area contributed by atoms with Crippen molar-refractivity contribution in [1.29, 1.82) is 0 Å². The Kier molecular flexibility index (Phi) is 4.79. The van der Waals surface area contributed by atoms with Crippen molar-refractivity contribution >= 4 is 11.6 Å². The van der Waals surface area contributed by atoms with Crippen LogP contribution in [0.2, 0.25) is 0 Å². The summed E-state index contributed by atoms with van der Waals surface area (Å²) in [6.45, 7) is 6.94. The summed E-state index contributed by atoms with van der Waals surface area (Å²) in [4.78, 5) is 16.6. The molecule has 2 aromatic carbocycles. The summed E-state index contributed by atoms with van der Waals surface area (Å²) in [6.07, 6.45) is 0.840. The highest BCUT2D eigenvalue weighted by Crippen LogP contribution is 2.41. The van der Waals surface area contributed by atoms with Crippen LogP contribution in [0.4, 0.5) is 5.69 Å². The maximum Gasteiger partial charge on any atom is 0.260 e. The molecule has 6 nitrogen and oxygen atoms in total. The molecule has 6 heteroatoms. The summed E-state index contributed by atoms with van der Waals surface area (Å²) in [7, 11) is 0. The maximum atomic E-state index is 12.6. The molecule has 1 fully saturated rings. The molecule has 0 unspecified atom stereocenters. The second kappa shape index (κ2) is 7.26. The largest absolute Gasteiger partial charge is 0.508 e. The van der Waals surface area contributed by atoms with Crippen LogP contribution in [-0.2, 0) is 11.2 Å². The summed E-state index contributed by atoms with van der Waals surface area (Å²) in [5, 5.41) is 9.42. The third kappa shape index (κ3) is 3.86. The Morgan fingerprint density at radius 1 is 1.11 bits per heavy atom. The number of hydrogen-bond donors (Lipinski definition) is 1. The highest BCUT2D eigenvalue weighted by Gasteiger charge is 2.32. The van der Waals surface area contributed by atoms with Gasteiger partial charge in [-0.15, -0.1) is 0 Å². The molecule has 2 heterocycles. The fourth-order valence-electron chi connectivity index (χ4n) is 3.81. The van der Waals surface area contributed by atoms with Crippen LogP contribution in [0.15, 0.2) is 42.5 Å². The van der Waals surface area contributed by atoms with E-state index in [4.69, 9.17) is 9.47 Å². The predicted molar refractivity (Wildman–Crippen MR) is 107 cm³/mol. The predicted octanol–water partition coefficient (Wildman–Crippen LogP) is 2.83. The minimum absolute atomic E-state index is 0.0133. The number of aromatic hydroxyl groups is 1. The van der Waals surface area contributed by atoms with E-state index < -0.39 is 0 Å². The fourth-order valence-corrected chi connectivity index (χ4v) is 3.81. The number of benzene rings is 2. The standard InChI is InChI=1S/C22H26N2O4/c1-22(2)14-16-4-3-5-19(21(16)28-22)27-15-20(26)24-12-10-23(11-13-24)17-6-8-18(25)9-7-17/h3-9,25H,10-15H2,1-2H3. The number of fused-ring (bicyclic) bond motifs is 1. The number of carbonyl (C=O) groups is 1. The van der Waals surface area contributed by atoms with E-state index in [-0.39, 0.29) is 23.9 Å². The summed E-state index contributed by atoms with van der Waals surface area (Å²) >= 11 is 0. The van der Waals surface area contributed by atoms with E-state index in [0.717, 1.165) is 36.5 Å². The van der Waals surface area contributed by atoms with Gasteiger partial charge in [0.25, 0.3) is 5.91 Å². The highest BCUT2D eigenvalue weighted by atomic mass is 16.5. The molecule has 0 saturated carbocycles. The lowest BCUT2D eigenvalue weighted by molar-refractivity contribution is -0.133. The molecular formula is C22H26N2O4. The van der Waals surface area contributed by atoms with Crippen molar-refractivity contribution < 1.29 is 19.4 Å². The molecule has 0 aliphatic carbocycles. The zero-order valence-electron chi connectivity index (χ0n) is 16.4. The molecule has 2 aliphatic rings. The third-order valence-corrected chi connectivity index (χ3v) is 5.25. The molecule has 0 bridgehead atoms. The first-order chi connectivity index (χ1) is 13.4. The number of rotatable bonds is 4. The highest BCUT2D eigenvalue weighted by molar-refractivity contribution is 5.78. The maximum absolute atomic E-state index is 12.6. The van der Waals surface area contributed by atoms with E-state index >= 15 is 0 Å². The Balaban J connectivity index is 1.31. The van der Waals surface area contributed by atoms with E-state index in [0.29, 0.717) is 18.8 Å². The first-order valence-corrected chi connectivity index (χ1v) is 9.67. The molecule has 4 rings (SSSR count). The van der Waals surface area contributed by atoms with Crippen LogP contribution >= 0.6 is 0 Å². The van der Waals surface area contributed by atoms with Crippen LogP contribution in [0.25, 0.3) is 0 Å². The Morgan fingerprint density at radius 3 is 2.54 bits per heavy atom. The average molecular weight is 382 g/mol. The topological polar surface area (TPSA) is 62.2 Å². The minimum Gasteiger partial charge on any atom is -0.508 e. The van der Waals surface area contributed by atoms with Crippen LogP contribution in [-0.4, -0.2) is 54.3 Å². The molecular weight excluding hydrogens is 356 g/mol. The van der Waals surface area contributed by atoms with Crippen LogP contribution < -0.4 is 14.4 Å². The number of amides is 1. The molecule has 28 heavy (non-hydrogen) atoms. The quantitative estimate of drug-likeness (QED) is 0.881. The van der Waals surface area contributed by atoms with E-state index in [2.05, 4.69) is 18.7 Å². The summed E-state index contributed by atoms with van der Waals surface area (Å²) in [5.74, 6) is 1.64. The SMILES string of the molecule is CC1(C)Cc2cccc(OCC(=O)N3CCN(c4ccc(O)cc4)CC3)c2O1. The lowest BCUT2D eigenvalue weighted by Crippen LogP contribution is -2.50. The Hall–Kier alpha value is -2.89. The Morgan fingerprint density at radius 2 is 1.82 bits per heavy atom. The third-order valence-electron chi connectivity index (χ3n) is 5.25. The second-order valence-electron chi connectivity index (χ2n) is 7.96. The monoisotopic (exact) mass is 382 g/mol. The number of hydrogen-bond acceptors (Lipinski definition) is 5. The van der Waals surface area contributed by atoms with E-state index in [9.17, 15) is 9.90 Å². The molecule has 1 saturated heterocycles. The molecule has 0 spiro atoms. The zero-order chi connectivity index (χ0) is 19.7. The lowest BCUT2D eigenvalue weighted by atomic mass is 10.0. The van der Waals surface area contributed by atoms with Gasteiger partial charge in [0.05, 0.1) is 0 Å². The fraction of sp³-hybridized carbons (Fsp3) is 0.409. The number of para-hydroxylation sites is 1. The molecule has 0 atom stereocenters. The van der Waals surface area contributed by atoms with Gasteiger partial charge in [0.1, 0.15) is 11.4 Å². The van der Waals surface area contributed by atoms with Crippen LogP contribution in [0.3, 0.4) is 0 Å². The van der Waals surface area contributed by atoms with Crippen molar-refractivity contribution in [2.45, 2.75) is 25.9 Å². The van der Waals surface area contributed by atoms with Crippen LogP contribution in [0.5, 0.6) is 17.2 Å². The van der Waals surface area contributed by atoms with Crippen molar-refractivity contribution in [1.82, 2.24) is 4.90 Å². The lowest BCUT2D eigenvalue weighted by Gasteiger charge is -2.36. The van der Waals surface area contributed by atoms with Gasteiger partial charge in [0.2, 0.25) is 0 Å². The zero-order valence-corrected chi connectivity index (χ0v) is 16.4. The number of nitrogens with zero attached hydrogens (tertiary/aromatic N) is 2. The summed E-state index contributed by atoms with van der Waals surface area (Å²) < 4.78 is 11.8. The first kappa shape index (κ1) is 18.5. The number of phenols is 1.